The molecule has 23 heavy (non-hydrogen) atoms. The van der Waals surface area contributed by atoms with Gasteiger partial charge in [-0.2, -0.15) is 0 Å². The van der Waals surface area contributed by atoms with Gasteiger partial charge >= 0.3 is 0 Å². The highest BCUT2D eigenvalue weighted by Crippen LogP contribution is 2.33. The van der Waals surface area contributed by atoms with E-state index in [0.29, 0.717) is 10.7 Å². The number of aliphatic imine (C=N–C) groups is 1. The van der Waals surface area contributed by atoms with E-state index >= 15 is 0 Å². The van der Waals surface area contributed by atoms with Gasteiger partial charge in [0.2, 0.25) is 0 Å². The predicted molar refractivity (Wildman–Crippen MR) is 94.4 cm³/mol. The molecule has 1 aromatic carbocycles. The molecule has 0 saturated carbocycles. The van der Waals surface area contributed by atoms with Gasteiger partial charge in [0.15, 0.2) is 0 Å². The summed E-state index contributed by atoms with van der Waals surface area (Å²) in [4.78, 5) is 9.18. The summed E-state index contributed by atoms with van der Waals surface area (Å²) in [5, 5.41) is 0.837. The number of amidine groups is 1. The molecule has 2 heterocycles. The SMILES string of the molecule is CC1=C(Cl)C(N2CCN(C)CC2)=Nc2cc(F)c(Cl)cc2CC1. The van der Waals surface area contributed by atoms with Gasteiger partial charge in [0.25, 0.3) is 0 Å². The van der Waals surface area contributed by atoms with E-state index in [-0.39, 0.29) is 5.02 Å². The zero-order valence-electron chi connectivity index (χ0n) is 13.4. The summed E-state index contributed by atoms with van der Waals surface area (Å²) < 4.78 is 13.9. The molecule has 0 unspecified atom stereocenters. The second-order valence-corrected chi connectivity index (χ2v) is 7.00. The minimum Gasteiger partial charge on any atom is -0.353 e. The average Bonchev–Trinajstić information content (AvgIpc) is 2.53. The van der Waals surface area contributed by atoms with Gasteiger partial charge in [0, 0.05) is 32.2 Å². The van der Waals surface area contributed by atoms with E-state index in [1.165, 1.54) is 6.07 Å². The fourth-order valence-corrected chi connectivity index (χ4v) is 3.34. The lowest BCUT2D eigenvalue weighted by atomic mass is 10.0. The van der Waals surface area contributed by atoms with Crippen LogP contribution in [-0.2, 0) is 6.42 Å². The van der Waals surface area contributed by atoms with Crippen molar-refractivity contribution < 1.29 is 4.39 Å². The van der Waals surface area contributed by atoms with Crippen molar-refractivity contribution in [3.05, 3.63) is 39.1 Å². The van der Waals surface area contributed by atoms with Crippen molar-refractivity contribution in [2.24, 2.45) is 4.99 Å². The molecule has 124 valence electrons. The molecule has 0 atom stereocenters. The zero-order valence-corrected chi connectivity index (χ0v) is 14.9. The van der Waals surface area contributed by atoms with Crippen LogP contribution < -0.4 is 0 Å². The van der Waals surface area contributed by atoms with Crippen LogP contribution in [0.3, 0.4) is 0 Å². The maximum Gasteiger partial charge on any atom is 0.148 e. The van der Waals surface area contributed by atoms with Crippen molar-refractivity contribution >= 4 is 34.7 Å². The molecule has 2 aliphatic heterocycles. The summed E-state index contributed by atoms with van der Waals surface area (Å²) in [6.07, 6.45) is 1.58. The number of likely N-dealkylation sites (N-methyl/N-ethyl adjacent to an activating group) is 1. The first-order chi connectivity index (χ1) is 11.0. The van der Waals surface area contributed by atoms with Gasteiger partial charge in [-0.15, -0.1) is 0 Å². The standard InChI is InChI=1S/C17H20Cl2FN3/c1-11-3-4-12-9-13(18)14(20)10-15(12)21-17(16(11)19)23-7-5-22(2)6-8-23/h9-10H,3-8H2,1-2H3. The average molecular weight is 356 g/mol. The lowest BCUT2D eigenvalue weighted by molar-refractivity contribution is 0.216. The smallest absolute Gasteiger partial charge is 0.148 e. The maximum absolute atomic E-state index is 13.9. The monoisotopic (exact) mass is 355 g/mol. The Kier molecular flexibility index (Phi) is 4.95. The molecular weight excluding hydrogens is 336 g/mol. The number of nitrogens with zero attached hydrogens (tertiary/aromatic N) is 3. The third kappa shape index (κ3) is 3.54. The predicted octanol–water partition coefficient (Wildman–Crippen LogP) is 4.22. The molecule has 6 heteroatoms. The number of allylic oxidation sites excluding steroid dienone is 1. The number of fused-ring (bicyclic) bond motifs is 1. The number of hydrogen-bond donors (Lipinski definition) is 0. The molecular formula is C17H20Cl2FN3. The third-order valence-electron chi connectivity index (χ3n) is 4.49. The van der Waals surface area contributed by atoms with Crippen LogP contribution in [0.1, 0.15) is 18.9 Å². The maximum atomic E-state index is 13.9. The normalized spacial score (nSPS) is 20.0. The summed E-state index contributed by atoms with van der Waals surface area (Å²) in [7, 11) is 2.10. The van der Waals surface area contributed by atoms with Gasteiger partial charge in [-0.05, 0) is 38.4 Å². The van der Waals surface area contributed by atoms with Crippen LogP contribution in [0, 0.1) is 5.82 Å². The van der Waals surface area contributed by atoms with E-state index in [2.05, 4.69) is 16.8 Å². The first-order valence-corrected chi connectivity index (χ1v) is 8.57. The van der Waals surface area contributed by atoms with E-state index in [1.807, 2.05) is 6.92 Å². The minimum atomic E-state index is -0.440. The van der Waals surface area contributed by atoms with Crippen LogP contribution in [0.25, 0.3) is 0 Å². The first kappa shape index (κ1) is 16.7. The van der Waals surface area contributed by atoms with Crippen LogP contribution >= 0.6 is 23.2 Å². The molecule has 3 nitrogen and oxygen atoms in total. The Morgan fingerprint density at radius 2 is 1.78 bits per heavy atom. The lowest BCUT2D eigenvalue weighted by Gasteiger charge is -2.35. The molecule has 1 fully saturated rings. The largest absolute Gasteiger partial charge is 0.353 e. The van der Waals surface area contributed by atoms with E-state index in [1.54, 1.807) is 6.07 Å². The number of hydrogen-bond acceptors (Lipinski definition) is 3. The molecule has 0 spiro atoms. The molecule has 1 saturated heterocycles. The highest BCUT2D eigenvalue weighted by Gasteiger charge is 2.23. The first-order valence-electron chi connectivity index (χ1n) is 7.81. The van der Waals surface area contributed by atoms with Crippen LogP contribution in [0.2, 0.25) is 5.02 Å². The van der Waals surface area contributed by atoms with Gasteiger partial charge in [0.1, 0.15) is 11.7 Å². The van der Waals surface area contributed by atoms with Gasteiger partial charge in [0.05, 0.1) is 15.7 Å². The molecule has 0 aliphatic carbocycles. The highest BCUT2D eigenvalue weighted by atomic mass is 35.5. The van der Waals surface area contributed by atoms with Crippen LogP contribution in [0.4, 0.5) is 10.1 Å². The molecule has 0 amide bonds. The lowest BCUT2D eigenvalue weighted by Crippen LogP contribution is -2.47. The number of halogens is 3. The highest BCUT2D eigenvalue weighted by molar-refractivity contribution is 6.43. The van der Waals surface area contributed by atoms with Crippen LogP contribution in [-0.4, -0.2) is 48.9 Å². The molecule has 0 aromatic heterocycles. The molecule has 0 N–H and O–H groups in total. The van der Waals surface area contributed by atoms with Gasteiger partial charge in [-0.3, -0.25) is 0 Å². The Balaban J connectivity index is 2.05. The van der Waals surface area contributed by atoms with E-state index in [4.69, 9.17) is 28.2 Å². The summed E-state index contributed by atoms with van der Waals surface area (Å²) in [6.45, 7) is 5.69. The van der Waals surface area contributed by atoms with Crippen molar-refractivity contribution in [1.29, 1.82) is 0 Å². The molecule has 0 bridgehead atoms. The molecule has 2 aliphatic rings. The second-order valence-electron chi connectivity index (χ2n) is 6.22. The molecule has 0 radical (unpaired) electrons. The number of piperazine rings is 1. The summed E-state index contributed by atoms with van der Waals surface area (Å²) >= 11 is 12.5. The third-order valence-corrected chi connectivity index (χ3v) is 5.27. The number of aryl methyl sites for hydroxylation is 1. The van der Waals surface area contributed by atoms with Crippen molar-refractivity contribution in [3.63, 3.8) is 0 Å². The van der Waals surface area contributed by atoms with Gasteiger partial charge in [-0.1, -0.05) is 28.8 Å². The fraction of sp³-hybridized carbons (Fsp3) is 0.471. The van der Waals surface area contributed by atoms with E-state index < -0.39 is 5.82 Å². The Morgan fingerprint density at radius 3 is 2.48 bits per heavy atom. The Bertz CT molecular complexity index is 677. The van der Waals surface area contributed by atoms with Crippen LogP contribution in [0.15, 0.2) is 27.7 Å². The van der Waals surface area contributed by atoms with Crippen molar-refractivity contribution in [2.75, 3.05) is 33.2 Å². The Morgan fingerprint density at radius 1 is 1.09 bits per heavy atom. The van der Waals surface area contributed by atoms with Crippen molar-refractivity contribution in [1.82, 2.24) is 9.80 Å². The zero-order chi connectivity index (χ0) is 16.6. The molecule has 3 rings (SSSR count). The Labute approximate surface area is 146 Å². The number of benzene rings is 1. The Hall–Kier alpha value is -1.10. The van der Waals surface area contributed by atoms with E-state index in [0.717, 1.165) is 56.0 Å². The van der Waals surface area contributed by atoms with Crippen molar-refractivity contribution in [3.8, 4) is 0 Å². The molecule has 1 aromatic rings. The van der Waals surface area contributed by atoms with Gasteiger partial charge < -0.3 is 9.80 Å². The van der Waals surface area contributed by atoms with Crippen LogP contribution in [0.5, 0.6) is 0 Å². The summed E-state index contributed by atoms with van der Waals surface area (Å²) in [5.41, 5.74) is 2.70. The second kappa shape index (κ2) is 6.80. The van der Waals surface area contributed by atoms with Gasteiger partial charge in [-0.25, -0.2) is 9.38 Å². The quantitative estimate of drug-likeness (QED) is 0.693. The summed E-state index contributed by atoms with van der Waals surface area (Å²) in [6, 6.07) is 3.10. The fourth-order valence-electron chi connectivity index (χ4n) is 2.90. The summed E-state index contributed by atoms with van der Waals surface area (Å²) in [5.74, 6) is 0.309. The minimum absolute atomic E-state index is 0.147. The number of rotatable bonds is 0. The topological polar surface area (TPSA) is 18.8 Å². The van der Waals surface area contributed by atoms with Crippen molar-refractivity contribution in [2.45, 2.75) is 19.8 Å². The van der Waals surface area contributed by atoms with E-state index in [9.17, 15) is 4.39 Å².